The fraction of sp³-hybridized carbons (Fsp3) is 0.312. The molecule has 3 rings (SSSR count). The molecule has 1 fully saturated rings. The Morgan fingerprint density at radius 3 is 2.55 bits per heavy atom. The normalized spacial score (nSPS) is 21.2. The van der Waals surface area contributed by atoms with Gasteiger partial charge in [0.2, 0.25) is 5.88 Å². The van der Waals surface area contributed by atoms with E-state index in [4.69, 9.17) is 9.47 Å². The molecular weight excluding hydrogens is 318 g/mol. The number of nitrogens with zero attached hydrogens (tertiary/aromatic N) is 1. The summed E-state index contributed by atoms with van der Waals surface area (Å²) >= 11 is 3.36. The zero-order valence-electron chi connectivity index (χ0n) is 11.0. The van der Waals surface area contributed by atoms with E-state index in [-0.39, 0.29) is 6.10 Å². The van der Waals surface area contributed by atoms with Crippen LogP contribution in [0.15, 0.2) is 53.1 Å². The maximum atomic E-state index is 5.84. The highest BCUT2D eigenvalue weighted by molar-refractivity contribution is 9.10. The summed E-state index contributed by atoms with van der Waals surface area (Å²) in [6.45, 7) is 0.675. The Balaban J connectivity index is 1.39. The fourth-order valence-corrected chi connectivity index (χ4v) is 2.38. The molecular formula is C16H16BrNO2. The first kappa shape index (κ1) is 13.6. The van der Waals surface area contributed by atoms with Crippen LogP contribution in [0.4, 0.5) is 0 Å². The van der Waals surface area contributed by atoms with Crippen LogP contribution in [0.2, 0.25) is 0 Å². The van der Waals surface area contributed by atoms with Crippen molar-refractivity contribution in [2.75, 3.05) is 0 Å². The largest absolute Gasteiger partial charge is 0.474 e. The Labute approximate surface area is 127 Å². The topological polar surface area (TPSA) is 31.4 Å². The Morgan fingerprint density at radius 1 is 1.05 bits per heavy atom. The third-order valence-corrected chi connectivity index (χ3v) is 3.84. The summed E-state index contributed by atoms with van der Waals surface area (Å²) in [4.78, 5) is 4.21. The van der Waals surface area contributed by atoms with E-state index in [1.807, 2.05) is 30.3 Å². The average Bonchev–Trinajstić information content (AvgIpc) is 2.44. The lowest BCUT2D eigenvalue weighted by Crippen LogP contribution is -2.39. The van der Waals surface area contributed by atoms with Crippen molar-refractivity contribution >= 4 is 15.9 Å². The molecule has 1 aliphatic carbocycles. The number of pyridine rings is 1. The van der Waals surface area contributed by atoms with Gasteiger partial charge >= 0.3 is 0 Å². The van der Waals surface area contributed by atoms with Crippen molar-refractivity contribution in [3.63, 3.8) is 0 Å². The minimum absolute atomic E-state index is 0.226. The molecule has 3 nitrogen and oxygen atoms in total. The lowest BCUT2D eigenvalue weighted by atomic mass is 9.92. The fourth-order valence-electron chi connectivity index (χ4n) is 2.14. The summed E-state index contributed by atoms with van der Waals surface area (Å²) in [6.07, 6.45) is 4.15. The molecule has 104 valence electrons. The van der Waals surface area contributed by atoms with Gasteiger partial charge in [0.15, 0.2) is 0 Å². The number of benzene rings is 1. The second kappa shape index (κ2) is 6.37. The van der Waals surface area contributed by atoms with Crippen molar-refractivity contribution < 1.29 is 9.47 Å². The Morgan fingerprint density at radius 2 is 1.85 bits per heavy atom. The van der Waals surface area contributed by atoms with Gasteiger partial charge in [-0.3, -0.25) is 0 Å². The van der Waals surface area contributed by atoms with Gasteiger partial charge in [-0.15, -0.1) is 0 Å². The molecule has 1 aliphatic rings. The highest BCUT2D eigenvalue weighted by Gasteiger charge is 2.31. The van der Waals surface area contributed by atoms with Gasteiger partial charge in [-0.05, 0) is 27.6 Å². The number of halogens is 1. The summed E-state index contributed by atoms with van der Waals surface area (Å²) < 4.78 is 12.6. The van der Waals surface area contributed by atoms with Gasteiger partial charge in [0.1, 0.15) is 6.10 Å². The van der Waals surface area contributed by atoms with Crippen LogP contribution in [0.1, 0.15) is 18.4 Å². The molecule has 1 aromatic carbocycles. The number of hydrogen-bond donors (Lipinski definition) is 0. The van der Waals surface area contributed by atoms with Crippen LogP contribution >= 0.6 is 15.9 Å². The monoisotopic (exact) mass is 333 g/mol. The van der Waals surface area contributed by atoms with E-state index in [0.717, 1.165) is 17.3 Å². The maximum absolute atomic E-state index is 5.84. The van der Waals surface area contributed by atoms with E-state index >= 15 is 0 Å². The molecule has 0 radical (unpaired) electrons. The number of aromatic nitrogens is 1. The van der Waals surface area contributed by atoms with E-state index in [9.17, 15) is 0 Å². The molecule has 2 aromatic rings. The zero-order chi connectivity index (χ0) is 13.8. The van der Waals surface area contributed by atoms with Crippen molar-refractivity contribution in [2.24, 2.45) is 0 Å². The minimum Gasteiger partial charge on any atom is -0.474 e. The van der Waals surface area contributed by atoms with Crippen LogP contribution in [0.5, 0.6) is 5.88 Å². The molecule has 0 aliphatic heterocycles. The average molecular weight is 334 g/mol. The maximum Gasteiger partial charge on any atom is 0.213 e. The first-order chi connectivity index (χ1) is 9.79. The van der Waals surface area contributed by atoms with Crippen LogP contribution in [0, 0.1) is 0 Å². The summed E-state index contributed by atoms with van der Waals surface area (Å²) in [5.41, 5.74) is 1.21. The van der Waals surface area contributed by atoms with Crippen molar-refractivity contribution in [1.82, 2.24) is 4.98 Å². The SMILES string of the molecule is Brc1ccc(OC2CC(OCc3ccccc3)C2)nc1. The molecule has 1 heterocycles. The summed E-state index contributed by atoms with van der Waals surface area (Å²) in [5, 5.41) is 0. The van der Waals surface area contributed by atoms with E-state index in [2.05, 4.69) is 33.0 Å². The van der Waals surface area contributed by atoms with E-state index < -0.39 is 0 Å². The first-order valence-electron chi connectivity index (χ1n) is 6.73. The number of hydrogen-bond acceptors (Lipinski definition) is 3. The van der Waals surface area contributed by atoms with E-state index in [0.29, 0.717) is 18.6 Å². The van der Waals surface area contributed by atoms with Crippen molar-refractivity contribution in [3.05, 3.63) is 58.7 Å². The van der Waals surface area contributed by atoms with Gasteiger partial charge < -0.3 is 9.47 Å². The van der Waals surface area contributed by atoms with E-state index in [1.54, 1.807) is 6.20 Å². The molecule has 0 spiro atoms. The quantitative estimate of drug-likeness (QED) is 0.829. The molecule has 0 unspecified atom stereocenters. The van der Waals surface area contributed by atoms with Crippen LogP contribution in [-0.4, -0.2) is 17.2 Å². The summed E-state index contributed by atoms with van der Waals surface area (Å²) in [5.74, 6) is 0.680. The van der Waals surface area contributed by atoms with Crippen molar-refractivity contribution in [3.8, 4) is 5.88 Å². The Kier molecular flexibility index (Phi) is 4.33. The predicted octanol–water partition coefficient (Wildman–Crippen LogP) is 3.97. The summed E-state index contributed by atoms with van der Waals surface area (Å²) in [7, 11) is 0. The van der Waals surface area contributed by atoms with Gasteiger partial charge in [0, 0.05) is 29.6 Å². The van der Waals surface area contributed by atoms with Crippen molar-refractivity contribution in [1.29, 1.82) is 0 Å². The Hall–Kier alpha value is -1.39. The molecule has 1 saturated carbocycles. The van der Waals surface area contributed by atoms with Gasteiger partial charge in [-0.25, -0.2) is 4.98 Å². The number of ether oxygens (including phenoxy) is 2. The van der Waals surface area contributed by atoms with Crippen LogP contribution < -0.4 is 4.74 Å². The van der Waals surface area contributed by atoms with Gasteiger partial charge in [0.05, 0.1) is 12.7 Å². The molecule has 0 atom stereocenters. The smallest absolute Gasteiger partial charge is 0.213 e. The second-order valence-electron chi connectivity index (χ2n) is 4.94. The lowest BCUT2D eigenvalue weighted by Gasteiger charge is -2.34. The highest BCUT2D eigenvalue weighted by atomic mass is 79.9. The zero-order valence-corrected chi connectivity index (χ0v) is 12.6. The van der Waals surface area contributed by atoms with Crippen LogP contribution in [-0.2, 0) is 11.3 Å². The summed E-state index contributed by atoms with van der Waals surface area (Å²) in [6, 6.07) is 14.1. The highest BCUT2D eigenvalue weighted by Crippen LogP contribution is 2.28. The Bertz CT molecular complexity index is 538. The number of rotatable bonds is 5. The van der Waals surface area contributed by atoms with Crippen LogP contribution in [0.25, 0.3) is 0 Å². The second-order valence-corrected chi connectivity index (χ2v) is 5.86. The third kappa shape index (κ3) is 3.58. The lowest BCUT2D eigenvalue weighted by molar-refractivity contribution is -0.0695. The van der Waals surface area contributed by atoms with E-state index in [1.165, 1.54) is 5.56 Å². The molecule has 20 heavy (non-hydrogen) atoms. The van der Waals surface area contributed by atoms with Crippen molar-refractivity contribution in [2.45, 2.75) is 31.7 Å². The molecule has 1 aromatic heterocycles. The van der Waals surface area contributed by atoms with Crippen LogP contribution in [0.3, 0.4) is 0 Å². The van der Waals surface area contributed by atoms with Gasteiger partial charge in [-0.2, -0.15) is 0 Å². The standard InChI is InChI=1S/C16H16BrNO2/c17-13-6-7-16(18-10-13)20-15-8-14(9-15)19-11-12-4-2-1-3-5-12/h1-7,10,14-15H,8-9,11H2. The molecule has 0 N–H and O–H groups in total. The van der Waals surface area contributed by atoms with Gasteiger partial charge in [0.25, 0.3) is 0 Å². The molecule has 0 saturated heterocycles. The molecule has 4 heteroatoms. The molecule has 0 bridgehead atoms. The van der Waals surface area contributed by atoms with Gasteiger partial charge in [-0.1, -0.05) is 30.3 Å². The predicted molar refractivity (Wildman–Crippen MR) is 80.6 cm³/mol. The third-order valence-electron chi connectivity index (χ3n) is 3.37. The molecule has 0 amide bonds. The minimum atomic E-state index is 0.226. The first-order valence-corrected chi connectivity index (χ1v) is 7.52.